The number of nitrogens with zero attached hydrogens (tertiary/aromatic N) is 3. The molecule has 4 atom stereocenters. The van der Waals surface area contributed by atoms with Gasteiger partial charge in [-0.25, -0.2) is 0 Å². The van der Waals surface area contributed by atoms with Crippen LogP contribution in [0.15, 0.2) is 109 Å². The minimum Gasteiger partial charge on any atom is -0.326 e. The number of hydrogen-bond donors (Lipinski definition) is 1. The first-order valence-corrected chi connectivity index (χ1v) is 14.9. The van der Waals surface area contributed by atoms with Gasteiger partial charge in [0.05, 0.1) is 12.5 Å². The second-order valence-corrected chi connectivity index (χ2v) is 11.9. The second kappa shape index (κ2) is 13.9. The summed E-state index contributed by atoms with van der Waals surface area (Å²) in [7, 11) is 0. The number of rotatable bonds is 7. The zero-order chi connectivity index (χ0) is 29.5. The van der Waals surface area contributed by atoms with Crippen molar-refractivity contribution in [1.29, 1.82) is 0 Å². The fourth-order valence-electron chi connectivity index (χ4n) is 6.24. The molecular formula is C36H42N4O2. The normalized spacial score (nSPS) is 22.5. The first kappa shape index (κ1) is 29.6. The average molecular weight is 563 g/mol. The van der Waals surface area contributed by atoms with Crippen molar-refractivity contribution in [3.8, 4) is 0 Å². The van der Waals surface area contributed by atoms with Crippen LogP contribution in [0.4, 0.5) is 0 Å². The van der Waals surface area contributed by atoms with E-state index in [1.54, 1.807) is 0 Å². The number of aryl methyl sites for hydroxylation is 2. The molecule has 2 N–H and O–H groups in total. The third-order valence-corrected chi connectivity index (χ3v) is 8.59. The van der Waals surface area contributed by atoms with E-state index in [2.05, 4.69) is 83.5 Å². The lowest BCUT2D eigenvalue weighted by molar-refractivity contribution is -0.521. The molecule has 4 aromatic rings. The minimum absolute atomic E-state index is 0.0284. The van der Waals surface area contributed by atoms with Crippen LogP contribution in [0.5, 0.6) is 0 Å². The third kappa shape index (κ3) is 7.71. The molecule has 0 bridgehead atoms. The molecule has 6 heteroatoms. The number of nitro groups is 1. The molecule has 0 saturated carbocycles. The molecule has 0 aromatic heterocycles. The molecule has 2 aliphatic rings. The van der Waals surface area contributed by atoms with Crippen LogP contribution in [0.3, 0.4) is 0 Å². The van der Waals surface area contributed by atoms with E-state index in [-0.39, 0.29) is 16.9 Å². The third-order valence-electron chi connectivity index (χ3n) is 8.59. The quantitative estimate of drug-likeness (QED) is 0.216. The van der Waals surface area contributed by atoms with Crippen molar-refractivity contribution in [3.63, 3.8) is 0 Å². The summed E-state index contributed by atoms with van der Waals surface area (Å²) in [6.45, 7) is 9.21. The number of likely N-dealkylation sites (tertiary alicyclic amines) is 2. The van der Waals surface area contributed by atoms with Crippen molar-refractivity contribution in [3.05, 3.63) is 153 Å². The molecule has 0 amide bonds. The van der Waals surface area contributed by atoms with Crippen LogP contribution in [-0.2, 0) is 13.1 Å². The summed E-state index contributed by atoms with van der Waals surface area (Å²) in [6.07, 6.45) is 0. The first-order chi connectivity index (χ1) is 20.4. The van der Waals surface area contributed by atoms with Gasteiger partial charge in [0.2, 0.25) is 6.04 Å². The zero-order valence-corrected chi connectivity index (χ0v) is 24.7. The van der Waals surface area contributed by atoms with E-state index in [4.69, 9.17) is 5.73 Å². The van der Waals surface area contributed by atoms with Crippen LogP contribution in [0, 0.1) is 24.0 Å². The molecule has 2 saturated heterocycles. The Balaban J connectivity index is 0.000000169. The maximum Gasteiger partial charge on any atom is 0.233 e. The Morgan fingerprint density at radius 2 is 1.07 bits per heavy atom. The van der Waals surface area contributed by atoms with Crippen LogP contribution < -0.4 is 5.73 Å². The van der Waals surface area contributed by atoms with E-state index in [1.165, 1.54) is 27.8 Å². The highest BCUT2D eigenvalue weighted by Crippen LogP contribution is 2.31. The van der Waals surface area contributed by atoms with Crippen molar-refractivity contribution < 1.29 is 4.92 Å². The fraction of sp³-hybridized carbons (Fsp3) is 0.333. The molecule has 0 spiro atoms. The van der Waals surface area contributed by atoms with Crippen molar-refractivity contribution in [2.24, 2.45) is 5.73 Å². The van der Waals surface area contributed by atoms with E-state index in [9.17, 15) is 10.1 Å². The molecule has 218 valence electrons. The SMILES string of the molecule is Cc1ccc([C@@H]2CN(Cc3ccccc3)C[C@H]2N)cc1.Cc1ccc([C@@H]2CN(Cc3ccccc3)C[C@H]2[N+](=O)[O-])cc1. The van der Waals surface area contributed by atoms with Gasteiger partial charge in [-0.15, -0.1) is 0 Å². The van der Waals surface area contributed by atoms with Gasteiger partial charge in [0.25, 0.3) is 0 Å². The summed E-state index contributed by atoms with van der Waals surface area (Å²) in [5, 5.41) is 11.4. The van der Waals surface area contributed by atoms with Crippen molar-refractivity contribution in [1.82, 2.24) is 9.80 Å². The number of benzene rings is 4. The van der Waals surface area contributed by atoms with E-state index in [0.717, 1.165) is 38.3 Å². The van der Waals surface area contributed by atoms with Crippen molar-refractivity contribution in [2.45, 2.75) is 50.9 Å². The van der Waals surface area contributed by atoms with Crippen LogP contribution in [-0.4, -0.2) is 53.0 Å². The maximum absolute atomic E-state index is 11.4. The number of hydrogen-bond acceptors (Lipinski definition) is 5. The zero-order valence-electron chi connectivity index (χ0n) is 24.7. The molecular weight excluding hydrogens is 520 g/mol. The highest BCUT2D eigenvalue weighted by molar-refractivity contribution is 5.29. The van der Waals surface area contributed by atoms with E-state index < -0.39 is 6.04 Å². The minimum atomic E-state index is -0.522. The standard InChI is InChI=1S/C18H20N2O2.C18H22N2/c1-14-7-9-16(10-8-14)17-12-19(13-18(17)20(21)22)11-15-5-3-2-4-6-15;1-14-7-9-16(10-8-14)17-12-20(13-18(17)19)11-15-5-3-2-4-6-15/h2-10,17-18H,11-13H2,1H3;2-10,17-18H,11-13,19H2,1H3/t2*17-,18+/m00/s1. The predicted octanol–water partition coefficient (Wildman–Crippen LogP) is 6.16. The van der Waals surface area contributed by atoms with E-state index >= 15 is 0 Å². The van der Waals surface area contributed by atoms with Crippen molar-refractivity contribution in [2.75, 3.05) is 26.2 Å². The fourth-order valence-corrected chi connectivity index (χ4v) is 6.24. The Bertz CT molecular complexity index is 1410. The predicted molar refractivity (Wildman–Crippen MR) is 170 cm³/mol. The van der Waals surface area contributed by atoms with Gasteiger partial charge in [-0.1, -0.05) is 120 Å². The van der Waals surface area contributed by atoms with Crippen molar-refractivity contribution >= 4 is 0 Å². The van der Waals surface area contributed by atoms with Gasteiger partial charge in [0.1, 0.15) is 0 Å². The van der Waals surface area contributed by atoms with Gasteiger partial charge in [-0.3, -0.25) is 19.9 Å². The molecule has 42 heavy (non-hydrogen) atoms. The summed E-state index contributed by atoms with van der Waals surface area (Å²) >= 11 is 0. The Morgan fingerprint density at radius 3 is 1.55 bits per heavy atom. The molecule has 0 radical (unpaired) electrons. The van der Waals surface area contributed by atoms with Crippen LogP contribution in [0.2, 0.25) is 0 Å². The van der Waals surface area contributed by atoms with Gasteiger partial charge in [0.15, 0.2) is 0 Å². The first-order valence-electron chi connectivity index (χ1n) is 14.9. The van der Waals surface area contributed by atoms with Crippen LogP contribution in [0.1, 0.15) is 45.2 Å². The van der Waals surface area contributed by atoms with Crippen LogP contribution >= 0.6 is 0 Å². The van der Waals surface area contributed by atoms with E-state index in [1.807, 2.05) is 49.4 Å². The highest BCUT2D eigenvalue weighted by atomic mass is 16.6. The Morgan fingerprint density at radius 1 is 0.643 bits per heavy atom. The maximum atomic E-state index is 11.4. The molecule has 0 aliphatic carbocycles. The smallest absolute Gasteiger partial charge is 0.233 e. The molecule has 2 aliphatic heterocycles. The van der Waals surface area contributed by atoms with Gasteiger partial charge < -0.3 is 5.73 Å². The second-order valence-electron chi connectivity index (χ2n) is 11.9. The lowest BCUT2D eigenvalue weighted by Gasteiger charge is -2.16. The highest BCUT2D eigenvalue weighted by Gasteiger charge is 2.41. The largest absolute Gasteiger partial charge is 0.326 e. The van der Waals surface area contributed by atoms with E-state index in [0.29, 0.717) is 12.5 Å². The summed E-state index contributed by atoms with van der Waals surface area (Å²) < 4.78 is 0. The molecule has 2 fully saturated rings. The molecule has 6 nitrogen and oxygen atoms in total. The summed E-state index contributed by atoms with van der Waals surface area (Å²) in [5.74, 6) is 0.429. The van der Waals surface area contributed by atoms with Gasteiger partial charge in [0, 0.05) is 49.6 Å². The molecule has 2 heterocycles. The monoisotopic (exact) mass is 562 g/mol. The Labute approximate surface area is 249 Å². The molecule has 6 rings (SSSR count). The van der Waals surface area contributed by atoms with Gasteiger partial charge >= 0.3 is 0 Å². The lowest BCUT2D eigenvalue weighted by Crippen LogP contribution is -2.28. The summed E-state index contributed by atoms with van der Waals surface area (Å²) in [6, 6.07) is 37.4. The topological polar surface area (TPSA) is 75.6 Å². The Hall–Kier alpha value is -3.84. The van der Waals surface area contributed by atoms with Crippen LogP contribution in [0.25, 0.3) is 0 Å². The average Bonchev–Trinajstić information content (AvgIpc) is 3.58. The lowest BCUT2D eigenvalue weighted by atomic mass is 9.94. The molecule has 4 aromatic carbocycles. The Kier molecular flexibility index (Phi) is 9.80. The molecule has 0 unspecified atom stereocenters. The summed E-state index contributed by atoms with van der Waals surface area (Å²) in [4.78, 5) is 16.0. The van der Waals surface area contributed by atoms with Gasteiger partial charge in [-0.2, -0.15) is 0 Å². The van der Waals surface area contributed by atoms with Gasteiger partial charge in [-0.05, 0) is 36.1 Å². The number of nitrogens with two attached hydrogens (primary N) is 1. The summed E-state index contributed by atoms with van der Waals surface area (Å²) in [5.41, 5.74) is 13.9.